The van der Waals surface area contributed by atoms with E-state index in [2.05, 4.69) is 20.3 Å². The number of anilines is 1. The summed E-state index contributed by atoms with van der Waals surface area (Å²) >= 11 is 0. The second-order valence-corrected chi connectivity index (χ2v) is 6.79. The van der Waals surface area contributed by atoms with Crippen LogP contribution < -0.4 is 10.9 Å². The standard InChI is InChI=1S/C24H20N4O2/c29-23(14-13-22-27-21-10-2-1-9-20(21)24(30)28-22)26-19-8-5-6-17(16-19)11-12-18-7-3-4-15-25-18/h1-12,15-16H,13-14H2,(H,26,29)(H,27,28,30). The third kappa shape index (κ3) is 4.86. The summed E-state index contributed by atoms with van der Waals surface area (Å²) in [5.74, 6) is 0.359. The van der Waals surface area contributed by atoms with Crippen molar-refractivity contribution in [2.75, 3.05) is 5.32 Å². The Morgan fingerprint density at radius 2 is 1.87 bits per heavy atom. The molecule has 0 aliphatic heterocycles. The van der Waals surface area contributed by atoms with Gasteiger partial charge in [-0.3, -0.25) is 14.6 Å². The fourth-order valence-electron chi connectivity index (χ4n) is 3.08. The molecule has 2 aromatic carbocycles. The number of H-pyrrole nitrogens is 1. The number of rotatable bonds is 6. The summed E-state index contributed by atoms with van der Waals surface area (Å²) in [5, 5.41) is 3.44. The molecule has 4 rings (SSSR count). The highest BCUT2D eigenvalue weighted by Crippen LogP contribution is 2.14. The number of nitrogens with zero attached hydrogens (tertiary/aromatic N) is 2. The van der Waals surface area contributed by atoms with E-state index in [0.29, 0.717) is 28.8 Å². The van der Waals surface area contributed by atoms with Gasteiger partial charge in [0.05, 0.1) is 16.6 Å². The van der Waals surface area contributed by atoms with Crippen LogP contribution in [0, 0.1) is 0 Å². The van der Waals surface area contributed by atoms with Crippen molar-refractivity contribution in [3.8, 4) is 0 Å². The summed E-state index contributed by atoms with van der Waals surface area (Å²) < 4.78 is 0. The topological polar surface area (TPSA) is 87.7 Å². The Bertz CT molecular complexity index is 1260. The van der Waals surface area contributed by atoms with E-state index in [-0.39, 0.29) is 17.9 Å². The van der Waals surface area contributed by atoms with Gasteiger partial charge in [0.2, 0.25) is 5.91 Å². The number of hydrogen-bond donors (Lipinski definition) is 2. The minimum atomic E-state index is -0.191. The number of carbonyl (C=O) groups is 1. The van der Waals surface area contributed by atoms with Gasteiger partial charge in [0, 0.05) is 24.7 Å². The van der Waals surface area contributed by atoms with Gasteiger partial charge in [-0.25, -0.2) is 4.98 Å². The molecule has 0 atom stereocenters. The van der Waals surface area contributed by atoms with Crippen LogP contribution in [-0.4, -0.2) is 20.9 Å². The maximum Gasteiger partial charge on any atom is 0.258 e. The van der Waals surface area contributed by atoms with Crippen LogP contribution in [0.4, 0.5) is 5.69 Å². The Labute approximate surface area is 173 Å². The van der Waals surface area contributed by atoms with Crippen LogP contribution in [0.3, 0.4) is 0 Å². The van der Waals surface area contributed by atoms with Crippen LogP contribution in [0.2, 0.25) is 0 Å². The first-order chi connectivity index (χ1) is 14.7. The molecule has 2 aromatic heterocycles. The fraction of sp³-hybridized carbons (Fsp3) is 0.0833. The first-order valence-corrected chi connectivity index (χ1v) is 9.64. The Morgan fingerprint density at radius 3 is 2.73 bits per heavy atom. The van der Waals surface area contributed by atoms with E-state index in [1.807, 2.05) is 60.7 Å². The normalized spacial score (nSPS) is 11.1. The highest BCUT2D eigenvalue weighted by Gasteiger charge is 2.07. The molecule has 1 amide bonds. The number of hydrogen-bond acceptors (Lipinski definition) is 4. The van der Waals surface area contributed by atoms with Gasteiger partial charge in [-0.2, -0.15) is 0 Å². The number of aromatic amines is 1. The lowest BCUT2D eigenvalue weighted by atomic mass is 10.1. The van der Waals surface area contributed by atoms with Crippen LogP contribution >= 0.6 is 0 Å². The number of para-hydroxylation sites is 1. The molecule has 0 bridgehead atoms. The maximum atomic E-state index is 12.4. The van der Waals surface area contributed by atoms with Crippen molar-refractivity contribution in [1.82, 2.24) is 15.0 Å². The summed E-state index contributed by atoms with van der Waals surface area (Å²) in [6.07, 6.45) is 6.18. The van der Waals surface area contributed by atoms with Crippen molar-refractivity contribution in [3.05, 3.63) is 100 Å². The number of benzene rings is 2. The van der Waals surface area contributed by atoms with Gasteiger partial charge in [0.1, 0.15) is 5.82 Å². The number of aromatic nitrogens is 3. The zero-order valence-electron chi connectivity index (χ0n) is 16.2. The lowest BCUT2D eigenvalue weighted by molar-refractivity contribution is -0.116. The Hall–Kier alpha value is -4.06. The smallest absolute Gasteiger partial charge is 0.258 e. The molecule has 2 N–H and O–H groups in total. The van der Waals surface area contributed by atoms with Crippen LogP contribution in [0.1, 0.15) is 23.5 Å². The number of pyridine rings is 1. The second kappa shape index (κ2) is 8.96. The molecular formula is C24H20N4O2. The monoisotopic (exact) mass is 396 g/mol. The van der Waals surface area contributed by atoms with Crippen molar-refractivity contribution >= 4 is 34.6 Å². The first kappa shape index (κ1) is 19.3. The van der Waals surface area contributed by atoms with Gasteiger partial charge in [0.15, 0.2) is 0 Å². The van der Waals surface area contributed by atoms with E-state index < -0.39 is 0 Å². The van der Waals surface area contributed by atoms with Gasteiger partial charge in [0.25, 0.3) is 5.56 Å². The summed E-state index contributed by atoms with van der Waals surface area (Å²) in [5.41, 5.74) is 2.97. The average molecular weight is 396 g/mol. The third-order valence-corrected chi connectivity index (χ3v) is 4.56. The predicted octanol–water partition coefficient (Wildman–Crippen LogP) is 4.06. The van der Waals surface area contributed by atoms with Gasteiger partial charge < -0.3 is 10.3 Å². The zero-order valence-corrected chi connectivity index (χ0v) is 16.2. The molecule has 0 fully saturated rings. The first-order valence-electron chi connectivity index (χ1n) is 9.64. The highest BCUT2D eigenvalue weighted by atomic mass is 16.1. The lowest BCUT2D eigenvalue weighted by Gasteiger charge is -2.06. The second-order valence-electron chi connectivity index (χ2n) is 6.79. The number of carbonyl (C=O) groups excluding carboxylic acids is 1. The van der Waals surface area contributed by atoms with Crippen molar-refractivity contribution in [1.29, 1.82) is 0 Å². The minimum absolute atomic E-state index is 0.142. The van der Waals surface area contributed by atoms with Crippen LogP contribution in [-0.2, 0) is 11.2 Å². The van der Waals surface area contributed by atoms with Gasteiger partial charge >= 0.3 is 0 Å². The van der Waals surface area contributed by atoms with Gasteiger partial charge in [-0.1, -0.05) is 36.4 Å². The Morgan fingerprint density at radius 1 is 1.00 bits per heavy atom. The molecule has 0 aliphatic rings. The van der Waals surface area contributed by atoms with Crippen molar-refractivity contribution in [2.24, 2.45) is 0 Å². The molecule has 148 valence electrons. The quantitative estimate of drug-likeness (QED) is 0.514. The van der Waals surface area contributed by atoms with E-state index in [1.54, 1.807) is 24.4 Å². The van der Waals surface area contributed by atoms with Crippen LogP contribution in [0.15, 0.2) is 77.7 Å². The molecule has 0 aliphatic carbocycles. The largest absolute Gasteiger partial charge is 0.326 e. The number of nitrogens with one attached hydrogen (secondary N) is 2. The summed E-state index contributed by atoms with van der Waals surface area (Å²) in [7, 11) is 0. The number of aryl methyl sites for hydroxylation is 1. The van der Waals surface area contributed by atoms with Crippen LogP contribution in [0.5, 0.6) is 0 Å². The van der Waals surface area contributed by atoms with E-state index >= 15 is 0 Å². The molecule has 0 saturated heterocycles. The van der Waals surface area contributed by atoms with Crippen LogP contribution in [0.25, 0.3) is 23.1 Å². The molecule has 0 spiro atoms. The van der Waals surface area contributed by atoms with Crippen molar-refractivity contribution in [2.45, 2.75) is 12.8 Å². The van der Waals surface area contributed by atoms with Crippen molar-refractivity contribution < 1.29 is 4.79 Å². The van der Waals surface area contributed by atoms with E-state index in [1.165, 1.54) is 0 Å². The molecule has 0 saturated carbocycles. The lowest BCUT2D eigenvalue weighted by Crippen LogP contribution is -2.16. The predicted molar refractivity (Wildman–Crippen MR) is 119 cm³/mol. The third-order valence-electron chi connectivity index (χ3n) is 4.56. The van der Waals surface area contributed by atoms with E-state index in [4.69, 9.17) is 0 Å². The van der Waals surface area contributed by atoms with Crippen molar-refractivity contribution in [3.63, 3.8) is 0 Å². The number of amides is 1. The van der Waals surface area contributed by atoms with E-state index in [0.717, 1.165) is 11.3 Å². The summed E-state index contributed by atoms with van der Waals surface area (Å²) in [6.45, 7) is 0. The molecule has 2 heterocycles. The SMILES string of the molecule is O=C(CCc1nc2ccccc2c(=O)[nH]1)Nc1cccc(C=Cc2ccccn2)c1. The van der Waals surface area contributed by atoms with Gasteiger partial charge in [-0.15, -0.1) is 0 Å². The molecule has 0 unspecified atom stereocenters. The Balaban J connectivity index is 1.38. The van der Waals surface area contributed by atoms with Gasteiger partial charge in [-0.05, 0) is 48.0 Å². The summed E-state index contributed by atoms with van der Waals surface area (Å²) in [6, 6.07) is 20.5. The molecule has 30 heavy (non-hydrogen) atoms. The molecule has 0 radical (unpaired) electrons. The number of fused-ring (bicyclic) bond motifs is 1. The highest BCUT2D eigenvalue weighted by molar-refractivity contribution is 5.91. The molecular weight excluding hydrogens is 376 g/mol. The average Bonchev–Trinajstić information content (AvgIpc) is 2.77. The zero-order chi connectivity index (χ0) is 20.8. The van der Waals surface area contributed by atoms with E-state index in [9.17, 15) is 9.59 Å². The molecule has 6 heteroatoms. The molecule has 6 nitrogen and oxygen atoms in total. The maximum absolute atomic E-state index is 12.4. The minimum Gasteiger partial charge on any atom is -0.326 e. The Kier molecular flexibility index (Phi) is 5.75. The summed E-state index contributed by atoms with van der Waals surface area (Å²) in [4.78, 5) is 35.9. The fourth-order valence-corrected chi connectivity index (χ4v) is 3.08. The molecule has 4 aromatic rings.